The van der Waals surface area contributed by atoms with Gasteiger partial charge in [-0.25, -0.2) is 4.98 Å². The maximum Gasteiger partial charge on any atom is 0.273 e. The van der Waals surface area contributed by atoms with Gasteiger partial charge in [-0.1, -0.05) is 43.0 Å². The summed E-state index contributed by atoms with van der Waals surface area (Å²) in [5.41, 5.74) is 4.96. The molecule has 2 aromatic heterocycles. The van der Waals surface area contributed by atoms with Gasteiger partial charge in [0.2, 0.25) is 0 Å². The summed E-state index contributed by atoms with van der Waals surface area (Å²) in [4.78, 5) is 18.0. The highest BCUT2D eigenvalue weighted by Crippen LogP contribution is 2.37. The van der Waals surface area contributed by atoms with E-state index in [-0.39, 0.29) is 5.56 Å². The number of hydrogen-bond donors (Lipinski definition) is 3. The minimum Gasteiger partial charge on any atom is -0.354 e. The molecule has 2 aromatic carbocycles. The highest BCUT2D eigenvalue weighted by atomic mass is 32.1. The summed E-state index contributed by atoms with van der Waals surface area (Å²) in [5, 5.41) is 19.9. The van der Waals surface area contributed by atoms with Crippen molar-refractivity contribution in [1.29, 1.82) is 5.26 Å². The summed E-state index contributed by atoms with van der Waals surface area (Å²) in [6, 6.07) is 17.8. The van der Waals surface area contributed by atoms with Crippen molar-refractivity contribution in [2.75, 3.05) is 5.32 Å². The molecule has 6 nitrogen and oxygen atoms in total. The minimum atomic E-state index is -0.226. The number of anilines is 1. The molecule has 31 heavy (non-hydrogen) atoms. The van der Waals surface area contributed by atoms with E-state index in [1.807, 2.05) is 60.8 Å². The highest BCUT2D eigenvalue weighted by Gasteiger charge is 2.20. The zero-order valence-electron chi connectivity index (χ0n) is 16.4. The maximum absolute atomic E-state index is 12.3. The molecule has 0 saturated heterocycles. The molecule has 3 heterocycles. The predicted molar refractivity (Wildman–Crippen MR) is 123 cm³/mol. The van der Waals surface area contributed by atoms with Crippen LogP contribution in [0.4, 0.5) is 5.69 Å². The Balaban J connectivity index is 1.62. The van der Waals surface area contributed by atoms with Crippen LogP contribution in [0.2, 0.25) is 0 Å². The minimum absolute atomic E-state index is 0.226. The molecule has 150 valence electrons. The molecule has 1 aliphatic heterocycles. The monoisotopic (exact) mass is 423 g/mol. The number of fused-ring (bicyclic) bond motifs is 1. The topological polar surface area (TPSA) is 97.4 Å². The molecule has 3 N–H and O–H groups in total. The molecule has 5 rings (SSSR count). The lowest BCUT2D eigenvalue weighted by atomic mass is 9.99. The van der Waals surface area contributed by atoms with E-state index >= 15 is 0 Å². The van der Waals surface area contributed by atoms with E-state index in [4.69, 9.17) is 0 Å². The van der Waals surface area contributed by atoms with Crippen molar-refractivity contribution in [3.63, 3.8) is 0 Å². The average molecular weight is 424 g/mol. The third kappa shape index (κ3) is 3.39. The van der Waals surface area contributed by atoms with Crippen LogP contribution in [-0.4, -0.2) is 15.2 Å². The second-order valence-electron chi connectivity index (χ2n) is 7.15. The van der Waals surface area contributed by atoms with Crippen LogP contribution < -0.4 is 21.4 Å². The van der Waals surface area contributed by atoms with Crippen LogP contribution >= 0.6 is 11.3 Å². The van der Waals surface area contributed by atoms with Gasteiger partial charge in [0.15, 0.2) is 0 Å². The van der Waals surface area contributed by atoms with E-state index in [2.05, 4.69) is 33.1 Å². The predicted octanol–water partition coefficient (Wildman–Crippen LogP) is 2.70. The number of aromatic amines is 2. The van der Waals surface area contributed by atoms with E-state index in [1.165, 1.54) is 0 Å². The molecule has 0 saturated carbocycles. The van der Waals surface area contributed by atoms with Crippen molar-refractivity contribution in [2.24, 2.45) is 0 Å². The Hall–Kier alpha value is -4.15. The number of nitriles is 1. The maximum atomic E-state index is 12.3. The average Bonchev–Trinajstić information content (AvgIpc) is 3.39. The molecule has 0 amide bonds. The number of nitrogens with zero attached hydrogens (tertiary/aromatic N) is 2. The molecule has 0 bridgehead atoms. The van der Waals surface area contributed by atoms with Gasteiger partial charge >= 0.3 is 0 Å². The van der Waals surface area contributed by atoms with Crippen LogP contribution in [0.15, 0.2) is 65.6 Å². The van der Waals surface area contributed by atoms with Gasteiger partial charge in [-0.05, 0) is 23.8 Å². The summed E-state index contributed by atoms with van der Waals surface area (Å²) in [5.74, 6) is 0. The van der Waals surface area contributed by atoms with Crippen LogP contribution in [0.3, 0.4) is 0 Å². The summed E-state index contributed by atoms with van der Waals surface area (Å²) in [6.07, 6.45) is 4.45. The van der Waals surface area contributed by atoms with Crippen molar-refractivity contribution < 1.29 is 0 Å². The van der Waals surface area contributed by atoms with Crippen molar-refractivity contribution in [3.8, 4) is 6.07 Å². The Morgan fingerprint density at radius 2 is 1.90 bits per heavy atom. The Labute approximate surface area is 181 Å². The van der Waals surface area contributed by atoms with Crippen LogP contribution in [0.1, 0.15) is 26.6 Å². The van der Waals surface area contributed by atoms with E-state index in [1.54, 1.807) is 11.3 Å². The van der Waals surface area contributed by atoms with Gasteiger partial charge in [0.05, 0.1) is 27.9 Å². The summed E-state index contributed by atoms with van der Waals surface area (Å²) in [6.45, 7) is 3.92. The fourth-order valence-corrected chi connectivity index (χ4v) is 4.67. The first-order chi connectivity index (χ1) is 15.1. The third-order valence-corrected chi connectivity index (χ3v) is 6.22. The van der Waals surface area contributed by atoms with Crippen molar-refractivity contribution in [2.45, 2.75) is 6.42 Å². The van der Waals surface area contributed by atoms with E-state index in [9.17, 15) is 10.1 Å². The lowest BCUT2D eigenvalue weighted by Gasteiger charge is -2.20. The first-order valence-corrected chi connectivity index (χ1v) is 10.5. The number of H-pyrrole nitrogens is 2. The largest absolute Gasteiger partial charge is 0.354 e. The van der Waals surface area contributed by atoms with Crippen molar-refractivity contribution in [3.05, 3.63) is 108 Å². The van der Waals surface area contributed by atoms with Crippen LogP contribution in [-0.2, 0) is 6.42 Å². The molecular weight excluding hydrogens is 406 g/mol. The SMILES string of the molecule is C=c1[nH][nH]c(=O)c1=C1C=C(c2ncc(Cc3ccccc3C#N)s2)c2ccccc2N1. The fraction of sp³-hybridized carbons (Fsp3) is 0.0417. The number of benzene rings is 2. The molecule has 4 aromatic rings. The summed E-state index contributed by atoms with van der Waals surface area (Å²) >= 11 is 1.59. The number of nitrogens with one attached hydrogen (secondary N) is 3. The van der Waals surface area contributed by atoms with Gasteiger partial charge in [0.1, 0.15) is 5.01 Å². The molecule has 0 aliphatic carbocycles. The molecule has 0 fully saturated rings. The van der Waals surface area contributed by atoms with Crippen molar-refractivity contribution >= 4 is 34.9 Å². The number of thiazole rings is 1. The van der Waals surface area contributed by atoms with E-state index in [0.29, 0.717) is 28.2 Å². The Kier molecular flexibility index (Phi) is 4.62. The Morgan fingerprint density at radius 3 is 2.71 bits per heavy atom. The number of hydrogen-bond acceptors (Lipinski definition) is 5. The molecule has 7 heteroatoms. The van der Waals surface area contributed by atoms with Gasteiger partial charge in [0, 0.05) is 34.3 Å². The summed E-state index contributed by atoms with van der Waals surface area (Å²) in [7, 11) is 0. The molecule has 0 atom stereocenters. The number of aromatic nitrogens is 3. The van der Waals surface area contributed by atoms with Gasteiger partial charge in [-0.15, -0.1) is 11.3 Å². The van der Waals surface area contributed by atoms with Gasteiger partial charge in [-0.2, -0.15) is 5.26 Å². The van der Waals surface area contributed by atoms with Gasteiger partial charge in [0.25, 0.3) is 5.56 Å². The van der Waals surface area contributed by atoms with E-state index in [0.717, 1.165) is 32.3 Å². The second kappa shape index (κ2) is 7.59. The fourth-order valence-electron chi connectivity index (χ4n) is 3.71. The van der Waals surface area contributed by atoms with Crippen LogP contribution in [0.5, 0.6) is 0 Å². The lowest BCUT2D eigenvalue weighted by Crippen LogP contribution is -2.36. The van der Waals surface area contributed by atoms with Crippen molar-refractivity contribution in [1.82, 2.24) is 15.2 Å². The Morgan fingerprint density at radius 1 is 1.10 bits per heavy atom. The second-order valence-corrected chi connectivity index (χ2v) is 8.27. The first kappa shape index (κ1) is 18.9. The smallest absolute Gasteiger partial charge is 0.273 e. The standard InChI is InChI=1S/C24H17N5OS/c1-14-22(23(30)29-28-14)21-11-19(18-8-4-5-9-20(18)27-21)24-26-13-17(31-24)10-15-6-2-3-7-16(15)12-25/h2-9,11,13,27-28H,1,10H2,(H,29,30). The normalized spacial score (nSPS) is 14.4. The van der Waals surface area contributed by atoms with E-state index < -0.39 is 0 Å². The highest BCUT2D eigenvalue weighted by molar-refractivity contribution is 7.12. The summed E-state index contributed by atoms with van der Waals surface area (Å²) < 4.78 is 0. The lowest BCUT2D eigenvalue weighted by molar-refractivity contribution is 1.04. The van der Waals surface area contributed by atoms with Gasteiger partial charge in [-0.3, -0.25) is 15.0 Å². The molecule has 0 unspecified atom stereocenters. The van der Waals surface area contributed by atoms with Crippen LogP contribution in [0, 0.1) is 11.3 Å². The zero-order chi connectivity index (χ0) is 21.4. The van der Waals surface area contributed by atoms with Crippen LogP contribution in [0.25, 0.3) is 17.8 Å². The van der Waals surface area contributed by atoms with Gasteiger partial charge < -0.3 is 5.32 Å². The molecule has 1 aliphatic rings. The Bertz CT molecular complexity index is 1520. The first-order valence-electron chi connectivity index (χ1n) is 9.65. The number of rotatable bonds is 3. The quantitative estimate of drug-likeness (QED) is 0.472. The molecular formula is C24H17N5OS. The number of para-hydroxylation sites is 1. The zero-order valence-corrected chi connectivity index (χ0v) is 17.2. The molecule has 0 spiro atoms. The molecule has 0 radical (unpaired) electrons. The third-order valence-electron chi connectivity index (χ3n) is 5.19.